The summed E-state index contributed by atoms with van der Waals surface area (Å²) in [5.41, 5.74) is -0.859. The topological polar surface area (TPSA) is 55.8 Å². The first-order valence-electron chi connectivity index (χ1n) is 8.22. The van der Waals surface area contributed by atoms with Crippen LogP contribution in [0, 0.1) is 5.92 Å². The van der Waals surface area contributed by atoms with Gasteiger partial charge in [0.15, 0.2) is 0 Å². The van der Waals surface area contributed by atoms with Crippen LogP contribution >= 0.6 is 0 Å². The molecular weight excluding hydrogens is 266 g/mol. The molecule has 2 amide bonds. The van der Waals surface area contributed by atoms with E-state index in [1.54, 1.807) is 18.7 Å². The van der Waals surface area contributed by atoms with E-state index in [-0.39, 0.29) is 6.03 Å². The maximum absolute atomic E-state index is 12.2. The Labute approximate surface area is 129 Å². The Morgan fingerprint density at radius 2 is 2.00 bits per heavy atom. The molecule has 0 aliphatic carbocycles. The third kappa shape index (κ3) is 6.66. The van der Waals surface area contributed by atoms with Gasteiger partial charge in [-0.25, -0.2) is 4.79 Å². The van der Waals surface area contributed by atoms with Gasteiger partial charge in [-0.05, 0) is 59.5 Å². The van der Waals surface area contributed by atoms with E-state index in [4.69, 9.17) is 0 Å². The summed E-state index contributed by atoms with van der Waals surface area (Å²) in [6.07, 6.45) is 2.50. The molecule has 1 saturated heterocycles. The molecule has 5 heteroatoms. The molecule has 0 aromatic carbocycles. The minimum absolute atomic E-state index is 0.0862. The first-order chi connectivity index (χ1) is 9.73. The summed E-state index contributed by atoms with van der Waals surface area (Å²) < 4.78 is 0. The van der Waals surface area contributed by atoms with E-state index in [0.717, 1.165) is 19.0 Å². The van der Waals surface area contributed by atoms with E-state index >= 15 is 0 Å². The highest BCUT2D eigenvalue weighted by atomic mass is 16.3. The summed E-state index contributed by atoms with van der Waals surface area (Å²) in [4.78, 5) is 16.3. The summed E-state index contributed by atoms with van der Waals surface area (Å²) in [7, 11) is 0. The molecule has 1 aliphatic rings. The monoisotopic (exact) mass is 299 g/mol. The maximum Gasteiger partial charge on any atom is 0.317 e. The van der Waals surface area contributed by atoms with E-state index < -0.39 is 5.60 Å². The lowest BCUT2D eigenvalue weighted by molar-refractivity contribution is 0.0476. The SMILES string of the molecule is CCN(CC(C)(C)O)C(=O)NCC(C)N1CCC(C)CC1. The Bertz CT molecular complexity index is 320. The van der Waals surface area contributed by atoms with E-state index in [9.17, 15) is 9.90 Å². The smallest absolute Gasteiger partial charge is 0.317 e. The van der Waals surface area contributed by atoms with Crippen LogP contribution in [-0.4, -0.2) is 65.3 Å². The zero-order valence-corrected chi connectivity index (χ0v) is 14.4. The lowest BCUT2D eigenvalue weighted by Crippen LogP contribution is -2.50. The summed E-state index contributed by atoms with van der Waals surface area (Å²) in [6, 6.07) is 0.277. The molecule has 1 unspecified atom stereocenters. The van der Waals surface area contributed by atoms with Crippen molar-refractivity contribution in [3.8, 4) is 0 Å². The van der Waals surface area contributed by atoms with Gasteiger partial charge < -0.3 is 15.3 Å². The number of hydrogen-bond acceptors (Lipinski definition) is 3. The van der Waals surface area contributed by atoms with Crippen molar-refractivity contribution < 1.29 is 9.90 Å². The normalized spacial score (nSPS) is 19.3. The first-order valence-corrected chi connectivity index (χ1v) is 8.22. The molecule has 124 valence electrons. The van der Waals surface area contributed by atoms with Gasteiger partial charge in [-0.2, -0.15) is 0 Å². The van der Waals surface area contributed by atoms with Crippen molar-refractivity contribution in [1.29, 1.82) is 0 Å². The number of hydrogen-bond donors (Lipinski definition) is 2. The Balaban J connectivity index is 2.37. The highest BCUT2D eigenvalue weighted by molar-refractivity contribution is 5.74. The number of amides is 2. The van der Waals surface area contributed by atoms with Crippen molar-refractivity contribution in [3.05, 3.63) is 0 Å². The fourth-order valence-corrected chi connectivity index (χ4v) is 2.74. The van der Waals surface area contributed by atoms with Gasteiger partial charge in [-0.3, -0.25) is 4.90 Å². The van der Waals surface area contributed by atoms with Crippen LogP contribution < -0.4 is 5.32 Å². The Kier molecular flexibility index (Phi) is 6.94. The van der Waals surface area contributed by atoms with Crippen LogP contribution in [0.1, 0.15) is 47.5 Å². The molecule has 1 heterocycles. The van der Waals surface area contributed by atoms with Gasteiger partial charge in [-0.15, -0.1) is 0 Å². The molecule has 0 aromatic heterocycles. The summed E-state index contributed by atoms with van der Waals surface area (Å²) >= 11 is 0. The summed E-state index contributed by atoms with van der Waals surface area (Å²) in [5.74, 6) is 0.824. The van der Waals surface area contributed by atoms with Crippen molar-refractivity contribution in [2.24, 2.45) is 5.92 Å². The number of likely N-dealkylation sites (N-methyl/N-ethyl adjacent to an activating group) is 1. The number of piperidine rings is 1. The number of likely N-dealkylation sites (tertiary alicyclic amines) is 1. The average molecular weight is 299 g/mol. The van der Waals surface area contributed by atoms with Crippen molar-refractivity contribution >= 4 is 6.03 Å². The molecule has 1 aliphatic heterocycles. The molecule has 0 aromatic rings. The standard InChI is InChI=1S/C16H33N3O2/c1-6-18(12-16(4,5)21)15(20)17-11-14(3)19-9-7-13(2)8-10-19/h13-14,21H,6-12H2,1-5H3,(H,17,20). The number of aliphatic hydroxyl groups is 1. The fourth-order valence-electron chi connectivity index (χ4n) is 2.74. The second-order valence-corrected chi connectivity index (χ2v) is 7.08. The molecule has 0 saturated carbocycles. The molecule has 0 radical (unpaired) electrons. The minimum atomic E-state index is -0.859. The van der Waals surface area contributed by atoms with Crippen LogP contribution in [0.4, 0.5) is 4.79 Å². The predicted octanol–water partition coefficient (Wildman–Crippen LogP) is 1.91. The molecular formula is C16H33N3O2. The van der Waals surface area contributed by atoms with Gasteiger partial charge in [-0.1, -0.05) is 6.92 Å². The molecule has 0 bridgehead atoms. The highest BCUT2D eigenvalue weighted by Gasteiger charge is 2.23. The maximum atomic E-state index is 12.2. The highest BCUT2D eigenvalue weighted by Crippen LogP contribution is 2.17. The van der Waals surface area contributed by atoms with Crippen LogP contribution in [0.15, 0.2) is 0 Å². The quantitative estimate of drug-likeness (QED) is 0.788. The molecule has 2 N–H and O–H groups in total. The Morgan fingerprint density at radius 1 is 1.43 bits per heavy atom. The lowest BCUT2D eigenvalue weighted by atomic mass is 9.98. The zero-order valence-electron chi connectivity index (χ0n) is 14.4. The average Bonchev–Trinajstić information content (AvgIpc) is 2.41. The lowest BCUT2D eigenvalue weighted by Gasteiger charge is -2.35. The number of nitrogens with one attached hydrogen (secondary N) is 1. The van der Waals surface area contributed by atoms with Crippen molar-refractivity contribution in [2.75, 3.05) is 32.7 Å². The van der Waals surface area contributed by atoms with E-state index in [0.29, 0.717) is 25.7 Å². The predicted molar refractivity (Wildman–Crippen MR) is 86.4 cm³/mol. The second kappa shape index (κ2) is 7.99. The van der Waals surface area contributed by atoms with E-state index in [1.807, 2.05) is 6.92 Å². The largest absolute Gasteiger partial charge is 0.389 e. The van der Waals surface area contributed by atoms with E-state index in [1.165, 1.54) is 12.8 Å². The van der Waals surface area contributed by atoms with Crippen LogP contribution in [0.2, 0.25) is 0 Å². The Hall–Kier alpha value is -0.810. The molecule has 1 atom stereocenters. The molecule has 1 rings (SSSR count). The Morgan fingerprint density at radius 3 is 2.48 bits per heavy atom. The van der Waals surface area contributed by atoms with Gasteiger partial charge in [0.25, 0.3) is 0 Å². The summed E-state index contributed by atoms with van der Waals surface area (Å²) in [6.45, 7) is 13.7. The van der Waals surface area contributed by atoms with Crippen molar-refractivity contribution in [3.63, 3.8) is 0 Å². The van der Waals surface area contributed by atoms with Crippen LogP contribution in [0.25, 0.3) is 0 Å². The first kappa shape index (κ1) is 18.2. The third-order valence-corrected chi connectivity index (χ3v) is 4.24. The molecule has 21 heavy (non-hydrogen) atoms. The number of carbonyl (C=O) groups excluding carboxylic acids is 1. The number of urea groups is 1. The van der Waals surface area contributed by atoms with Crippen LogP contribution in [0.3, 0.4) is 0 Å². The van der Waals surface area contributed by atoms with Gasteiger partial charge in [0.1, 0.15) is 0 Å². The van der Waals surface area contributed by atoms with Gasteiger partial charge in [0, 0.05) is 19.1 Å². The van der Waals surface area contributed by atoms with Crippen molar-refractivity contribution in [1.82, 2.24) is 15.1 Å². The van der Waals surface area contributed by atoms with Gasteiger partial charge in [0.05, 0.1) is 12.1 Å². The molecule has 1 fully saturated rings. The third-order valence-electron chi connectivity index (χ3n) is 4.24. The molecule has 0 spiro atoms. The minimum Gasteiger partial charge on any atom is -0.389 e. The van der Waals surface area contributed by atoms with Crippen LogP contribution in [0.5, 0.6) is 0 Å². The van der Waals surface area contributed by atoms with Crippen LogP contribution in [-0.2, 0) is 0 Å². The van der Waals surface area contributed by atoms with Crippen molar-refractivity contribution in [2.45, 2.75) is 59.1 Å². The van der Waals surface area contributed by atoms with E-state index in [2.05, 4.69) is 24.1 Å². The number of nitrogens with zero attached hydrogens (tertiary/aromatic N) is 2. The number of rotatable bonds is 6. The van der Waals surface area contributed by atoms with Gasteiger partial charge >= 0.3 is 6.03 Å². The van der Waals surface area contributed by atoms with Gasteiger partial charge in [0.2, 0.25) is 0 Å². The number of carbonyl (C=O) groups is 1. The zero-order chi connectivity index (χ0) is 16.0. The fraction of sp³-hybridized carbons (Fsp3) is 0.938. The summed E-state index contributed by atoms with van der Waals surface area (Å²) in [5, 5.41) is 12.8. The second-order valence-electron chi connectivity index (χ2n) is 7.08. The molecule has 5 nitrogen and oxygen atoms in total.